The van der Waals surface area contributed by atoms with E-state index in [1.54, 1.807) is 13.8 Å². The second-order valence-corrected chi connectivity index (χ2v) is 8.26. The molecule has 1 aromatic carbocycles. The molecule has 0 radical (unpaired) electrons. The second-order valence-electron chi connectivity index (χ2n) is 6.93. The number of pyridine rings is 1. The van der Waals surface area contributed by atoms with Crippen LogP contribution in [-0.4, -0.2) is 32.2 Å². The molecule has 1 N–H and O–H groups in total. The molecule has 0 aliphatic carbocycles. The molecule has 0 bridgehead atoms. The van der Waals surface area contributed by atoms with Crippen LogP contribution in [0, 0.1) is 18.6 Å². The van der Waals surface area contributed by atoms with Crippen LogP contribution in [0.2, 0.25) is 0 Å². The number of fused-ring (bicyclic) bond motifs is 1. The van der Waals surface area contributed by atoms with Gasteiger partial charge in [0.1, 0.15) is 16.7 Å². The lowest BCUT2D eigenvalue weighted by molar-refractivity contribution is -0.118. The Labute approximate surface area is 180 Å². The van der Waals surface area contributed by atoms with Crippen molar-refractivity contribution in [1.29, 1.82) is 0 Å². The van der Waals surface area contributed by atoms with E-state index in [0.717, 1.165) is 6.07 Å². The van der Waals surface area contributed by atoms with E-state index in [9.17, 15) is 18.4 Å². The van der Waals surface area contributed by atoms with Crippen LogP contribution in [0.1, 0.15) is 34.6 Å². The van der Waals surface area contributed by atoms with Crippen molar-refractivity contribution < 1.29 is 22.9 Å². The van der Waals surface area contributed by atoms with Gasteiger partial charge in [-0.05, 0) is 37.6 Å². The molecule has 8 nitrogen and oxygen atoms in total. The molecule has 1 aliphatic heterocycles. The Morgan fingerprint density at radius 2 is 2.00 bits per heavy atom. The highest BCUT2D eigenvalue weighted by Crippen LogP contribution is 2.38. The summed E-state index contributed by atoms with van der Waals surface area (Å²) in [5.41, 5.74) is 0.907. The van der Waals surface area contributed by atoms with E-state index in [1.165, 1.54) is 41.1 Å². The molecule has 0 saturated heterocycles. The van der Waals surface area contributed by atoms with E-state index in [0.29, 0.717) is 16.5 Å². The van der Waals surface area contributed by atoms with Crippen LogP contribution in [0.25, 0.3) is 0 Å². The highest BCUT2D eigenvalue weighted by molar-refractivity contribution is 8.00. The predicted molar refractivity (Wildman–Crippen MR) is 107 cm³/mol. The zero-order valence-corrected chi connectivity index (χ0v) is 17.4. The number of benzene rings is 1. The molecular formula is C20H17F2N5O3S. The Hall–Kier alpha value is -3.34. The van der Waals surface area contributed by atoms with Gasteiger partial charge in [0, 0.05) is 12.3 Å². The van der Waals surface area contributed by atoms with E-state index in [2.05, 4.69) is 20.4 Å². The largest absolute Gasteiger partial charge is 0.343 e. The summed E-state index contributed by atoms with van der Waals surface area (Å²) >= 11 is 1.26. The number of amides is 2. The lowest BCUT2D eigenvalue weighted by atomic mass is 10.1. The number of halogens is 2. The summed E-state index contributed by atoms with van der Waals surface area (Å²) in [6.45, 7) is 3.37. The minimum absolute atomic E-state index is 0.0355. The normalized spacial score (nSPS) is 15.7. The first-order valence-electron chi connectivity index (χ1n) is 9.30. The summed E-state index contributed by atoms with van der Waals surface area (Å²) in [6.07, 6.45) is 1.41. The summed E-state index contributed by atoms with van der Waals surface area (Å²) in [5, 5.41) is 6.42. The minimum Gasteiger partial charge on any atom is -0.343 e. The van der Waals surface area contributed by atoms with Gasteiger partial charge in [0.05, 0.1) is 29.6 Å². The third kappa shape index (κ3) is 4.55. The number of hydrogen-bond acceptors (Lipinski definition) is 7. The Kier molecular flexibility index (Phi) is 5.68. The molecule has 0 saturated carbocycles. The first-order chi connectivity index (χ1) is 14.8. The van der Waals surface area contributed by atoms with E-state index >= 15 is 0 Å². The number of anilines is 1. The van der Waals surface area contributed by atoms with Gasteiger partial charge in [0.15, 0.2) is 5.82 Å². The third-order valence-corrected chi connectivity index (χ3v) is 5.61. The number of rotatable bonds is 5. The highest BCUT2D eigenvalue weighted by atomic mass is 32.2. The van der Waals surface area contributed by atoms with Gasteiger partial charge in [-0.1, -0.05) is 16.9 Å². The number of hydrogen-bond donors (Lipinski definition) is 1. The average molecular weight is 445 g/mol. The van der Waals surface area contributed by atoms with Gasteiger partial charge in [-0.25, -0.2) is 13.8 Å². The molecular weight excluding hydrogens is 428 g/mol. The summed E-state index contributed by atoms with van der Waals surface area (Å²) in [5.74, 6) is -1.45. The Balaban J connectivity index is 1.60. The molecule has 1 aliphatic rings. The maximum atomic E-state index is 13.6. The van der Waals surface area contributed by atoms with E-state index in [1.807, 2.05) is 0 Å². The van der Waals surface area contributed by atoms with Crippen molar-refractivity contribution in [3.63, 3.8) is 0 Å². The van der Waals surface area contributed by atoms with Crippen LogP contribution >= 0.6 is 11.8 Å². The summed E-state index contributed by atoms with van der Waals surface area (Å²) in [6, 6.07) is 4.63. The van der Waals surface area contributed by atoms with Crippen LogP contribution in [0.5, 0.6) is 0 Å². The zero-order chi connectivity index (χ0) is 22.1. The minimum atomic E-state index is -0.732. The van der Waals surface area contributed by atoms with E-state index in [-0.39, 0.29) is 36.0 Å². The lowest BCUT2D eigenvalue weighted by Crippen LogP contribution is -2.40. The van der Waals surface area contributed by atoms with Gasteiger partial charge in [0.25, 0.3) is 5.91 Å². The SMILES string of the molecule is Cc1noc(CNC(=O)c2cnc3c(c2)N(Cc2cc(F)cc(F)c2)C(=O)C(C)S3)n1. The molecule has 0 spiro atoms. The van der Waals surface area contributed by atoms with E-state index < -0.39 is 22.8 Å². The number of carbonyl (C=O) groups excluding carboxylic acids is 2. The van der Waals surface area contributed by atoms with Crippen molar-refractivity contribution in [2.75, 3.05) is 4.90 Å². The fraction of sp³-hybridized carbons (Fsp3) is 0.250. The Morgan fingerprint density at radius 3 is 2.68 bits per heavy atom. The van der Waals surface area contributed by atoms with Crippen molar-refractivity contribution in [3.8, 4) is 0 Å². The average Bonchev–Trinajstić information content (AvgIpc) is 3.14. The fourth-order valence-corrected chi connectivity index (χ4v) is 4.09. The lowest BCUT2D eigenvalue weighted by Gasteiger charge is -2.32. The first-order valence-corrected chi connectivity index (χ1v) is 10.2. The molecule has 3 aromatic rings. The second kappa shape index (κ2) is 8.42. The molecule has 160 valence electrons. The number of nitrogens with one attached hydrogen (secondary N) is 1. The Morgan fingerprint density at radius 1 is 1.26 bits per heavy atom. The highest BCUT2D eigenvalue weighted by Gasteiger charge is 2.32. The van der Waals surface area contributed by atoms with Gasteiger partial charge in [-0.2, -0.15) is 4.98 Å². The monoisotopic (exact) mass is 445 g/mol. The van der Waals surface area contributed by atoms with Crippen molar-refractivity contribution in [1.82, 2.24) is 20.4 Å². The molecule has 31 heavy (non-hydrogen) atoms. The van der Waals surface area contributed by atoms with Gasteiger partial charge in [-0.15, -0.1) is 0 Å². The third-order valence-electron chi connectivity index (χ3n) is 4.52. The topological polar surface area (TPSA) is 101 Å². The van der Waals surface area contributed by atoms with Crippen molar-refractivity contribution in [2.24, 2.45) is 0 Å². The van der Waals surface area contributed by atoms with Gasteiger partial charge in [0.2, 0.25) is 11.8 Å². The standard InChI is InChI=1S/C20H17F2N5O3S/c1-10-20(29)27(9-12-3-14(21)6-15(22)4-12)16-5-13(7-24-19(16)31-10)18(28)23-8-17-25-11(2)26-30-17/h3-7,10H,8-9H2,1-2H3,(H,23,28). The molecule has 4 rings (SSSR count). The Bertz CT molecular complexity index is 1150. The number of aryl methyl sites for hydroxylation is 1. The fourth-order valence-electron chi connectivity index (χ4n) is 3.12. The molecule has 2 amide bonds. The van der Waals surface area contributed by atoms with Crippen LogP contribution in [0.3, 0.4) is 0 Å². The maximum Gasteiger partial charge on any atom is 0.253 e. The number of thioether (sulfide) groups is 1. The number of nitrogens with zero attached hydrogens (tertiary/aromatic N) is 4. The maximum absolute atomic E-state index is 13.6. The zero-order valence-electron chi connectivity index (χ0n) is 16.6. The summed E-state index contributed by atoms with van der Waals surface area (Å²) < 4.78 is 32.2. The quantitative estimate of drug-likeness (QED) is 0.644. The van der Waals surface area contributed by atoms with Gasteiger partial charge in [-0.3, -0.25) is 9.59 Å². The van der Waals surface area contributed by atoms with Crippen molar-refractivity contribution in [2.45, 2.75) is 37.2 Å². The predicted octanol–water partition coefficient (Wildman–Crippen LogP) is 3.01. The first kappa shape index (κ1) is 20.9. The van der Waals surface area contributed by atoms with Gasteiger partial charge >= 0.3 is 0 Å². The number of carbonyl (C=O) groups is 2. The molecule has 3 heterocycles. The molecule has 1 unspecified atom stereocenters. The van der Waals surface area contributed by atoms with Crippen LogP contribution < -0.4 is 10.2 Å². The molecule has 11 heteroatoms. The van der Waals surface area contributed by atoms with Crippen LogP contribution in [0.15, 0.2) is 40.0 Å². The molecule has 1 atom stereocenters. The molecule has 0 fully saturated rings. The van der Waals surface area contributed by atoms with Crippen LogP contribution in [0.4, 0.5) is 14.5 Å². The van der Waals surface area contributed by atoms with Gasteiger partial charge < -0.3 is 14.7 Å². The molecule has 2 aromatic heterocycles. The summed E-state index contributed by atoms with van der Waals surface area (Å²) in [7, 11) is 0. The smallest absolute Gasteiger partial charge is 0.253 e. The van der Waals surface area contributed by atoms with Crippen molar-refractivity contribution in [3.05, 3.63) is 64.9 Å². The van der Waals surface area contributed by atoms with E-state index in [4.69, 9.17) is 4.52 Å². The van der Waals surface area contributed by atoms with Crippen LogP contribution in [-0.2, 0) is 17.9 Å². The number of aromatic nitrogens is 3. The summed E-state index contributed by atoms with van der Waals surface area (Å²) in [4.78, 5) is 35.1. The van der Waals surface area contributed by atoms with Crippen molar-refractivity contribution >= 4 is 29.3 Å².